The molecule has 6 heteroatoms. The Bertz CT molecular complexity index is 911. The van der Waals surface area contributed by atoms with E-state index in [1.807, 2.05) is 72.1 Å². The first-order valence-corrected chi connectivity index (χ1v) is 9.88. The molecule has 0 aliphatic heterocycles. The SMILES string of the molecule is CC(=O)NC(CC(=O)NCc1ccccc1Oc1ccccc1)c1cccs1. The molecule has 0 aliphatic rings. The summed E-state index contributed by atoms with van der Waals surface area (Å²) in [5, 5.41) is 7.70. The van der Waals surface area contributed by atoms with Crippen LogP contribution in [0.25, 0.3) is 0 Å². The maximum absolute atomic E-state index is 12.5. The molecular weight excluding hydrogens is 372 g/mol. The largest absolute Gasteiger partial charge is 0.457 e. The number of carbonyl (C=O) groups excluding carboxylic acids is 2. The Morgan fingerprint density at radius 3 is 2.46 bits per heavy atom. The van der Waals surface area contributed by atoms with Crippen LogP contribution in [0, 0.1) is 0 Å². The molecule has 2 N–H and O–H groups in total. The highest BCUT2D eigenvalue weighted by Gasteiger charge is 2.18. The van der Waals surface area contributed by atoms with Crippen molar-refractivity contribution < 1.29 is 14.3 Å². The first-order chi connectivity index (χ1) is 13.6. The van der Waals surface area contributed by atoms with Crippen LogP contribution in [0.2, 0.25) is 0 Å². The van der Waals surface area contributed by atoms with Crippen molar-refractivity contribution in [2.75, 3.05) is 0 Å². The van der Waals surface area contributed by atoms with Crippen LogP contribution in [-0.2, 0) is 16.1 Å². The Balaban J connectivity index is 1.62. The van der Waals surface area contributed by atoms with Gasteiger partial charge in [0.15, 0.2) is 0 Å². The predicted octanol–water partition coefficient (Wildman–Crippen LogP) is 4.42. The van der Waals surface area contributed by atoms with Crippen LogP contribution in [0.3, 0.4) is 0 Å². The molecule has 3 rings (SSSR count). The predicted molar refractivity (Wildman–Crippen MR) is 110 cm³/mol. The maximum atomic E-state index is 12.5. The summed E-state index contributed by atoms with van der Waals surface area (Å²) < 4.78 is 5.93. The van der Waals surface area contributed by atoms with Gasteiger partial charge in [0.05, 0.1) is 12.5 Å². The quantitative estimate of drug-likeness (QED) is 0.594. The van der Waals surface area contributed by atoms with E-state index in [0.29, 0.717) is 12.3 Å². The second-order valence-electron chi connectivity index (χ2n) is 6.27. The van der Waals surface area contributed by atoms with Crippen molar-refractivity contribution in [1.82, 2.24) is 10.6 Å². The molecule has 0 spiro atoms. The zero-order valence-electron chi connectivity index (χ0n) is 15.6. The molecule has 0 radical (unpaired) electrons. The van der Waals surface area contributed by atoms with Gasteiger partial charge in [0, 0.05) is 23.9 Å². The van der Waals surface area contributed by atoms with E-state index in [4.69, 9.17) is 4.74 Å². The maximum Gasteiger partial charge on any atom is 0.222 e. The van der Waals surface area contributed by atoms with Gasteiger partial charge in [-0.2, -0.15) is 0 Å². The molecular formula is C22H22N2O3S. The van der Waals surface area contributed by atoms with E-state index in [1.54, 1.807) is 0 Å². The molecule has 0 aliphatic carbocycles. The first-order valence-electron chi connectivity index (χ1n) is 9.00. The molecule has 144 valence electrons. The fourth-order valence-corrected chi connectivity index (χ4v) is 3.55. The molecule has 0 saturated carbocycles. The van der Waals surface area contributed by atoms with Gasteiger partial charge in [-0.3, -0.25) is 9.59 Å². The van der Waals surface area contributed by atoms with Crippen LogP contribution in [0.1, 0.15) is 29.8 Å². The Morgan fingerprint density at radius 2 is 1.75 bits per heavy atom. The van der Waals surface area contributed by atoms with Gasteiger partial charge in [-0.25, -0.2) is 0 Å². The van der Waals surface area contributed by atoms with E-state index >= 15 is 0 Å². The van der Waals surface area contributed by atoms with Gasteiger partial charge >= 0.3 is 0 Å². The van der Waals surface area contributed by atoms with Crippen LogP contribution in [0.4, 0.5) is 0 Å². The van der Waals surface area contributed by atoms with Crippen LogP contribution in [0.5, 0.6) is 11.5 Å². The number of nitrogens with one attached hydrogen (secondary N) is 2. The molecule has 1 atom stereocenters. The fraction of sp³-hybridized carbons (Fsp3) is 0.182. The van der Waals surface area contributed by atoms with Gasteiger partial charge in [0.25, 0.3) is 0 Å². The highest BCUT2D eigenvalue weighted by atomic mass is 32.1. The molecule has 3 aromatic rings. The number of carbonyl (C=O) groups is 2. The molecule has 1 unspecified atom stereocenters. The molecule has 2 amide bonds. The smallest absolute Gasteiger partial charge is 0.222 e. The minimum atomic E-state index is -0.326. The molecule has 1 heterocycles. The summed E-state index contributed by atoms with van der Waals surface area (Å²) in [6, 6.07) is 20.6. The van der Waals surface area contributed by atoms with E-state index in [-0.39, 0.29) is 24.3 Å². The fourth-order valence-electron chi connectivity index (χ4n) is 2.77. The lowest BCUT2D eigenvalue weighted by atomic mass is 10.1. The number of ether oxygens (including phenoxy) is 1. The van der Waals surface area contributed by atoms with E-state index in [1.165, 1.54) is 18.3 Å². The van der Waals surface area contributed by atoms with Crippen molar-refractivity contribution in [3.05, 3.63) is 82.6 Å². The molecule has 5 nitrogen and oxygen atoms in total. The van der Waals surface area contributed by atoms with Gasteiger partial charge in [-0.1, -0.05) is 42.5 Å². The minimum absolute atomic E-state index is 0.137. The average Bonchev–Trinajstić information content (AvgIpc) is 3.22. The molecule has 1 aromatic heterocycles. The summed E-state index contributed by atoms with van der Waals surface area (Å²) in [4.78, 5) is 24.9. The van der Waals surface area contributed by atoms with E-state index in [0.717, 1.165) is 16.2 Å². The second kappa shape index (κ2) is 9.71. The summed E-state index contributed by atoms with van der Waals surface area (Å²) in [5.41, 5.74) is 0.881. The number of thiophene rings is 1. The number of rotatable bonds is 8. The molecule has 2 aromatic carbocycles. The van der Waals surface area contributed by atoms with E-state index in [2.05, 4.69) is 10.6 Å². The van der Waals surface area contributed by atoms with Gasteiger partial charge in [-0.05, 0) is 29.6 Å². The van der Waals surface area contributed by atoms with Crippen molar-refractivity contribution in [2.24, 2.45) is 0 Å². The summed E-state index contributed by atoms with van der Waals surface area (Å²) in [5.74, 6) is 1.14. The minimum Gasteiger partial charge on any atom is -0.457 e. The van der Waals surface area contributed by atoms with Gasteiger partial charge in [0.1, 0.15) is 11.5 Å². The summed E-state index contributed by atoms with van der Waals surface area (Å²) in [6.45, 7) is 1.80. The van der Waals surface area contributed by atoms with Crippen molar-refractivity contribution in [1.29, 1.82) is 0 Å². The van der Waals surface area contributed by atoms with Crippen LogP contribution in [0.15, 0.2) is 72.1 Å². The lowest BCUT2D eigenvalue weighted by Gasteiger charge is -2.17. The van der Waals surface area contributed by atoms with Crippen LogP contribution in [-0.4, -0.2) is 11.8 Å². The lowest BCUT2D eigenvalue weighted by Crippen LogP contribution is -2.32. The van der Waals surface area contributed by atoms with Crippen molar-refractivity contribution in [3.63, 3.8) is 0 Å². The molecule has 0 fully saturated rings. The highest BCUT2D eigenvalue weighted by Crippen LogP contribution is 2.25. The van der Waals surface area contributed by atoms with Gasteiger partial charge < -0.3 is 15.4 Å². The van der Waals surface area contributed by atoms with Crippen molar-refractivity contribution in [2.45, 2.75) is 25.9 Å². The summed E-state index contributed by atoms with van der Waals surface area (Å²) in [6.07, 6.45) is 0.182. The van der Waals surface area contributed by atoms with Crippen LogP contribution >= 0.6 is 11.3 Å². The first kappa shape index (κ1) is 19.6. The Hall–Kier alpha value is -3.12. The highest BCUT2D eigenvalue weighted by molar-refractivity contribution is 7.10. The number of amides is 2. The third-order valence-corrected chi connectivity index (χ3v) is 5.06. The topological polar surface area (TPSA) is 67.4 Å². The molecule has 0 bridgehead atoms. The lowest BCUT2D eigenvalue weighted by molar-refractivity contribution is -0.122. The zero-order valence-corrected chi connectivity index (χ0v) is 16.4. The molecule has 0 saturated heterocycles. The third kappa shape index (κ3) is 5.69. The summed E-state index contributed by atoms with van der Waals surface area (Å²) in [7, 11) is 0. The number of hydrogen-bond donors (Lipinski definition) is 2. The van der Waals surface area contributed by atoms with Gasteiger partial charge in [0.2, 0.25) is 11.8 Å². The number of benzene rings is 2. The average molecular weight is 394 g/mol. The third-order valence-electron chi connectivity index (χ3n) is 4.07. The van der Waals surface area contributed by atoms with E-state index < -0.39 is 0 Å². The Morgan fingerprint density at radius 1 is 1.00 bits per heavy atom. The summed E-state index contributed by atoms with van der Waals surface area (Å²) >= 11 is 1.52. The zero-order chi connectivity index (χ0) is 19.8. The standard InChI is InChI=1S/C22H22N2O3S/c1-16(25)24-19(21-12-7-13-28-21)14-22(26)23-15-17-8-5-6-11-20(17)27-18-9-3-2-4-10-18/h2-13,19H,14-15H2,1H3,(H,23,26)(H,24,25). The normalized spacial score (nSPS) is 11.5. The van der Waals surface area contributed by atoms with Crippen LogP contribution < -0.4 is 15.4 Å². The van der Waals surface area contributed by atoms with Gasteiger partial charge in [-0.15, -0.1) is 11.3 Å². The van der Waals surface area contributed by atoms with E-state index in [9.17, 15) is 9.59 Å². The number of hydrogen-bond acceptors (Lipinski definition) is 4. The number of para-hydroxylation sites is 2. The van der Waals surface area contributed by atoms with Crippen molar-refractivity contribution in [3.8, 4) is 11.5 Å². The molecule has 28 heavy (non-hydrogen) atoms. The monoisotopic (exact) mass is 394 g/mol. The second-order valence-corrected chi connectivity index (χ2v) is 7.25. The van der Waals surface area contributed by atoms with Crippen molar-refractivity contribution >= 4 is 23.2 Å². The Labute approximate surface area is 168 Å². The Kier molecular flexibility index (Phi) is 6.81.